The Balaban J connectivity index is 2.54. The molecule has 0 aliphatic carbocycles. The number of rotatable bonds is 18. The van der Waals surface area contributed by atoms with Crippen molar-refractivity contribution in [1.82, 2.24) is 41.1 Å². The Labute approximate surface area is 287 Å². The molecule has 20 heteroatoms. The van der Waals surface area contributed by atoms with Crippen LogP contribution in [0.25, 0.3) is 0 Å². The number of allylic oxidation sites excluding steroid dienone is 6. The molecule has 3 aromatic rings. The van der Waals surface area contributed by atoms with E-state index >= 15 is 0 Å². The summed E-state index contributed by atoms with van der Waals surface area (Å²) in [6.07, 6.45) is 5.12. The Kier molecular flexibility index (Phi) is 12.5. The summed E-state index contributed by atoms with van der Waals surface area (Å²) in [6.45, 7) is 19.3. The largest absolute Gasteiger partial charge is 0.336 e. The van der Waals surface area contributed by atoms with Gasteiger partial charge in [0.2, 0.25) is 0 Å². The Bertz CT molecular complexity index is 2100. The molecular weight excluding hydrogens is 693 g/mol. The SMILES string of the molecule is C=CCn1c(=O)n(CC=C)c(=O)n(CP(=S)(Cn2c(=O)n(CC=C)c(=O)n(CC=C)c2=O)Cn2c(=O)n(CC=C)c(=O)n(CC=C)c2=O)c1=O. The molecular formula is C30H36N9O9PS. The molecule has 0 bridgehead atoms. The molecule has 0 N–H and O–H groups in total. The number of hydrogen-bond donors (Lipinski definition) is 0. The average molecular weight is 730 g/mol. The van der Waals surface area contributed by atoms with Gasteiger partial charge in [-0.1, -0.05) is 48.3 Å². The lowest BCUT2D eigenvalue weighted by Crippen LogP contribution is -2.56. The molecule has 3 heterocycles. The number of hydrogen-bond acceptors (Lipinski definition) is 10. The molecule has 3 rings (SSSR count). The van der Waals surface area contributed by atoms with Crippen LogP contribution in [0.1, 0.15) is 0 Å². The van der Waals surface area contributed by atoms with Crippen LogP contribution in [0, 0.1) is 0 Å². The first-order chi connectivity index (χ1) is 23.7. The number of aromatic nitrogens is 9. The first kappa shape index (κ1) is 38.8. The van der Waals surface area contributed by atoms with Crippen molar-refractivity contribution >= 4 is 17.8 Å². The Morgan fingerprint density at radius 2 is 0.480 bits per heavy atom. The summed E-state index contributed by atoms with van der Waals surface area (Å²) in [5.41, 5.74) is -9.72. The molecule has 0 radical (unpaired) electrons. The molecule has 0 aromatic carbocycles. The summed E-state index contributed by atoms with van der Waals surface area (Å²) in [5, 5.41) is 0. The maximum Gasteiger partial charge on any atom is 0.336 e. The highest BCUT2D eigenvalue weighted by Gasteiger charge is 2.29. The lowest BCUT2D eigenvalue weighted by molar-refractivity contribution is 0.493. The lowest BCUT2D eigenvalue weighted by Gasteiger charge is -2.25. The van der Waals surface area contributed by atoms with Crippen molar-refractivity contribution in [3.05, 3.63) is 170 Å². The summed E-state index contributed by atoms with van der Waals surface area (Å²) >= 11 is 6.06. The molecule has 0 saturated heterocycles. The van der Waals surface area contributed by atoms with Gasteiger partial charge in [0.15, 0.2) is 0 Å². The smallest absolute Gasteiger partial charge is 0.247 e. The van der Waals surface area contributed by atoms with Gasteiger partial charge in [0, 0.05) is 6.04 Å². The van der Waals surface area contributed by atoms with Crippen molar-refractivity contribution in [2.45, 2.75) is 58.1 Å². The monoisotopic (exact) mass is 729 g/mol. The minimum atomic E-state index is -3.84. The van der Waals surface area contributed by atoms with E-state index < -0.39 is 76.1 Å². The minimum Gasteiger partial charge on any atom is -0.247 e. The summed E-state index contributed by atoms with van der Waals surface area (Å²) in [7, 11) is 0. The highest BCUT2D eigenvalue weighted by Crippen LogP contribution is 2.49. The van der Waals surface area contributed by atoms with Crippen LogP contribution in [0.2, 0.25) is 0 Å². The zero-order valence-corrected chi connectivity index (χ0v) is 28.8. The van der Waals surface area contributed by atoms with Crippen LogP contribution >= 0.6 is 6.04 Å². The normalized spacial score (nSPS) is 11.2. The Morgan fingerprint density at radius 1 is 0.340 bits per heavy atom. The van der Waals surface area contributed by atoms with Crippen molar-refractivity contribution in [1.29, 1.82) is 0 Å². The lowest BCUT2D eigenvalue weighted by atomic mass is 10.5. The third-order valence-corrected chi connectivity index (χ3v) is 10.7. The number of nitrogens with zero attached hydrogens (tertiary/aromatic N) is 9. The molecule has 0 amide bonds. The molecule has 0 spiro atoms. The Hall–Kier alpha value is -5.68. The second-order valence-corrected chi connectivity index (χ2v) is 16.0. The standard InChI is InChI=1S/C30H36N9O9PS/c1-7-13-31-22(40)32(14-8-2)26(44)37(25(31)43)19-49(50,20-38-27(45)33(15-9-3)23(41)34(16-10-4)28(38)46)21-39-29(47)35(17-11-5)24(42)36(18-12-6)30(39)48/h7-12H,1-6,13-21H2. The first-order valence-electron chi connectivity index (χ1n) is 14.7. The zero-order chi connectivity index (χ0) is 37.5. The van der Waals surface area contributed by atoms with Crippen molar-refractivity contribution in [2.24, 2.45) is 0 Å². The van der Waals surface area contributed by atoms with E-state index in [4.69, 9.17) is 11.8 Å². The third-order valence-electron chi connectivity index (χ3n) is 7.22. The fraction of sp³-hybridized carbons (Fsp3) is 0.300. The molecule has 3 aromatic heterocycles. The van der Waals surface area contributed by atoms with Crippen LogP contribution in [0.3, 0.4) is 0 Å². The van der Waals surface area contributed by atoms with Gasteiger partial charge in [-0.3, -0.25) is 0 Å². The molecule has 0 unspecified atom stereocenters. The van der Waals surface area contributed by atoms with Crippen LogP contribution in [-0.2, 0) is 69.9 Å². The molecule has 0 fully saturated rings. The predicted molar refractivity (Wildman–Crippen MR) is 193 cm³/mol. The quantitative estimate of drug-likeness (QED) is 0.104. The van der Waals surface area contributed by atoms with Crippen LogP contribution in [0.15, 0.2) is 119 Å². The maximum absolute atomic E-state index is 13.7. The van der Waals surface area contributed by atoms with E-state index in [1.807, 2.05) is 0 Å². The van der Waals surface area contributed by atoms with Crippen molar-refractivity contribution in [3.63, 3.8) is 0 Å². The molecule has 50 heavy (non-hydrogen) atoms. The molecule has 0 atom stereocenters. The average Bonchev–Trinajstić information content (AvgIpc) is 3.08. The highest BCUT2D eigenvalue weighted by molar-refractivity contribution is 8.13. The molecule has 18 nitrogen and oxygen atoms in total. The van der Waals surface area contributed by atoms with E-state index in [2.05, 4.69) is 39.5 Å². The van der Waals surface area contributed by atoms with E-state index in [0.29, 0.717) is 41.1 Å². The highest BCUT2D eigenvalue weighted by atomic mass is 32.4. The fourth-order valence-corrected chi connectivity index (χ4v) is 8.61. The predicted octanol–water partition coefficient (Wildman–Crippen LogP) is -1.99. The van der Waals surface area contributed by atoms with E-state index in [0.717, 1.165) is 0 Å². The van der Waals surface area contributed by atoms with Gasteiger partial charge in [-0.2, -0.15) is 0 Å². The zero-order valence-electron chi connectivity index (χ0n) is 27.1. The van der Waals surface area contributed by atoms with Gasteiger partial charge in [0.25, 0.3) is 0 Å². The van der Waals surface area contributed by atoms with Crippen LogP contribution in [-0.4, -0.2) is 41.1 Å². The summed E-state index contributed by atoms with van der Waals surface area (Å²) < 4.78 is 5.98. The van der Waals surface area contributed by atoms with Crippen molar-refractivity contribution in [2.75, 3.05) is 0 Å². The first-order valence-corrected chi connectivity index (χ1v) is 18.1. The topological polar surface area (TPSA) is 198 Å². The van der Waals surface area contributed by atoms with Crippen molar-refractivity contribution < 1.29 is 0 Å². The summed E-state index contributed by atoms with van der Waals surface area (Å²) in [4.78, 5) is 121. The second-order valence-electron chi connectivity index (χ2n) is 10.7. The van der Waals surface area contributed by atoms with Crippen LogP contribution in [0.5, 0.6) is 0 Å². The molecule has 0 aliphatic rings. The van der Waals surface area contributed by atoms with Crippen LogP contribution < -0.4 is 51.2 Å². The van der Waals surface area contributed by atoms with Gasteiger partial charge in [-0.15, -0.1) is 39.5 Å². The maximum atomic E-state index is 13.7. The third kappa shape index (κ3) is 7.32. The summed E-state index contributed by atoms with van der Waals surface area (Å²) in [6, 6.07) is -3.84. The van der Waals surface area contributed by atoms with Gasteiger partial charge >= 0.3 is 51.2 Å². The van der Waals surface area contributed by atoms with Gasteiger partial charge in [0.1, 0.15) is 0 Å². The fourth-order valence-electron chi connectivity index (χ4n) is 5.03. The van der Waals surface area contributed by atoms with E-state index in [1.165, 1.54) is 36.5 Å². The van der Waals surface area contributed by atoms with E-state index in [9.17, 15) is 43.2 Å². The van der Waals surface area contributed by atoms with Gasteiger partial charge in [0.05, 0.1) is 58.1 Å². The van der Waals surface area contributed by atoms with Gasteiger partial charge in [-0.05, 0) is 0 Å². The minimum absolute atomic E-state index is 0.325. The second kappa shape index (κ2) is 16.1. The molecule has 0 aliphatic heterocycles. The van der Waals surface area contributed by atoms with Crippen LogP contribution in [0.4, 0.5) is 0 Å². The Morgan fingerprint density at radius 3 is 0.620 bits per heavy atom. The van der Waals surface area contributed by atoms with E-state index in [1.54, 1.807) is 0 Å². The summed E-state index contributed by atoms with van der Waals surface area (Å²) in [5.74, 6) is 0. The molecule has 266 valence electrons. The van der Waals surface area contributed by atoms with Gasteiger partial charge < -0.3 is 0 Å². The van der Waals surface area contributed by atoms with Gasteiger partial charge in [-0.25, -0.2) is 84.3 Å². The van der Waals surface area contributed by atoms with Crippen molar-refractivity contribution in [3.8, 4) is 0 Å². The van der Waals surface area contributed by atoms with E-state index in [-0.39, 0.29) is 39.3 Å². The molecule has 0 saturated carbocycles.